The van der Waals surface area contributed by atoms with Gasteiger partial charge in [0.15, 0.2) is 0 Å². The van der Waals surface area contributed by atoms with Crippen LogP contribution in [-0.4, -0.2) is 28.5 Å². The third kappa shape index (κ3) is 2.80. The van der Waals surface area contributed by atoms with Gasteiger partial charge in [0.2, 0.25) is 11.8 Å². The van der Waals surface area contributed by atoms with Crippen LogP contribution in [0.25, 0.3) is 0 Å². The second kappa shape index (κ2) is 5.63. The number of pyridine rings is 1. The second-order valence-electron chi connectivity index (χ2n) is 4.35. The van der Waals surface area contributed by atoms with E-state index in [2.05, 4.69) is 16.8 Å². The number of aliphatic hydroxyl groups excluding tert-OH is 1. The predicted octanol–water partition coefficient (Wildman–Crippen LogP) is 0.715. The Balaban J connectivity index is 2.27. The molecular formula is C14H14N2O3. The standard InChI is InChI=1S/C14H14N2O3/c1-10-8-13(18)16(14(10)19)12-9-11(5-6-15-12)4-2-3-7-17/h5-6,9-10,17H,3,7-8H2,1H3. The molecule has 0 aliphatic carbocycles. The molecule has 0 saturated carbocycles. The lowest BCUT2D eigenvalue weighted by Crippen LogP contribution is -2.30. The van der Waals surface area contributed by atoms with Crippen LogP contribution in [0.4, 0.5) is 5.82 Å². The average Bonchev–Trinajstić information content (AvgIpc) is 2.64. The van der Waals surface area contributed by atoms with Crippen molar-refractivity contribution in [1.29, 1.82) is 0 Å². The summed E-state index contributed by atoms with van der Waals surface area (Å²) in [6, 6.07) is 3.31. The quantitative estimate of drug-likeness (QED) is 0.626. The third-order valence-corrected chi connectivity index (χ3v) is 2.82. The van der Waals surface area contributed by atoms with Gasteiger partial charge in [0.25, 0.3) is 0 Å². The summed E-state index contributed by atoms with van der Waals surface area (Å²) in [7, 11) is 0. The number of hydrogen-bond donors (Lipinski definition) is 1. The summed E-state index contributed by atoms with van der Waals surface area (Å²) in [5.74, 6) is 5.20. The van der Waals surface area contributed by atoms with E-state index in [9.17, 15) is 9.59 Å². The third-order valence-electron chi connectivity index (χ3n) is 2.82. The van der Waals surface area contributed by atoms with Gasteiger partial charge in [0, 0.05) is 30.5 Å². The highest BCUT2D eigenvalue weighted by Crippen LogP contribution is 2.24. The summed E-state index contributed by atoms with van der Waals surface area (Å²) >= 11 is 0. The molecule has 0 bridgehead atoms. The molecule has 5 heteroatoms. The Morgan fingerprint density at radius 1 is 1.53 bits per heavy atom. The fraction of sp³-hybridized carbons (Fsp3) is 0.357. The first kappa shape index (κ1) is 13.2. The van der Waals surface area contributed by atoms with Crippen molar-refractivity contribution in [2.45, 2.75) is 19.8 Å². The minimum atomic E-state index is -0.293. The van der Waals surface area contributed by atoms with Gasteiger partial charge >= 0.3 is 0 Å². The maximum atomic E-state index is 11.9. The van der Waals surface area contributed by atoms with Crippen molar-refractivity contribution < 1.29 is 14.7 Å². The van der Waals surface area contributed by atoms with E-state index in [1.54, 1.807) is 19.1 Å². The molecule has 19 heavy (non-hydrogen) atoms. The number of hydrogen-bond acceptors (Lipinski definition) is 4. The van der Waals surface area contributed by atoms with E-state index in [0.717, 1.165) is 4.90 Å². The molecule has 1 fully saturated rings. The van der Waals surface area contributed by atoms with E-state index in [4.69, 9.17) is 5.11 Å². The van der Waals surface area contributed by atoms with Gasteiger partial charge in [-0.15, -0.1) is 0 Å². The number of nitrogens with zero attached hydrogens (tertiary/aromatic N) is 2. The van der Waals surface area contributed by atoms with Crippen LogP contribution in [0.2, 0.25) is 0 Å². The highest BCUT2D eigenvalue weighted by molar-refractivity contribution is 6.20. The van der Waals surface area contributed by atoms with E-state index >= 15 is 0 Å². The maximum absolute atomic E-state index is 11.9. The number of aliphatic hydroxyl groups is 1. The molecule has 0 spiro atoms. The Morgan fingerprint density at radius 2 is 2.32 bits per heavy atom. The zero-order valence-corrected chi connectivity index (χ0v) is 10.6. The van der Waals surface area contributed by atoms with Gasteiger partial charge < -0.3 is 5.11 Å². The van der Waals surface area contributed by atoms with Crippen LogP contribution in [0.3, 0.4) is 0 Å². The van der Waals surface area contributed by atoms with Crippen molar-refractivity contribution in [3.05, 3.63) is 23.9 Å². The Hall–Kier alpha value is -2.19. The zero-order chi connectivity index (χ0) is 13.8. The number of imide groups is 1. The highest BCUT2D eigenvalue weighted by Gasteiger charge is 2.37. The van der Waals surface area contributed by atoms with Crippen molar-refractivity contribution in [3.63, 3.8) is 0 Å². The van der Waals surface area contributed by atoms with Crippen molar-refractivity contribution in [1.82, 2.24) is 4.98 Å². The zero-order valence-electron chi connectivity index (χ0n) is 10.6. The van der Waals surface area contributed by atoms with Gasteiger partial charge in [0.05, 0.1) is 6.61 Å². The van der Waals surface area contributed by atoms with Crippen LogP contribution in [0.5, 0.6) is 0 Å². The second-order valence-corrected chi connectivity index (χ2v) is 4.35. The fourth-order valence-electron chi connectivity index (χ4n) is 1.86. The minimum Gasteiger partial charge on any atom is -0.395 e. The summed E-state index contributed by atoms with van der Waals surface area (Å²) in [5.41, 5.74) is 0.665. The van der Waals surface area contributed by atoms with Gasteiger partial charge in [-0.2, -0.15) is 0 Å². The maximum Gasteiger partial charge on any atom is 0.238 e. The minimum absolute atomic E-state index is 0.00551. The van der Waals surface area contributed by atoms with Crippen LogP contribution in [0.15, 0.2) is 18.3 Å². The van der Waals surface area contributed by atoms with Crippen molar-refractivity contribution in [2.24, 2.45) is 5.92 Å². The number of anilines is 1. The van der Waals surface area contributed by atoms with Crippen molar-refractivity contribution in [2.75, 3.05) is 11.5 Å². The molecule has 1 aliphatic heterocycles. The van der Waals surface area contributed by atoms with Gasteiger partial charge in [-0.3, -0.25) is 9.59 Å². The Labute approximate surface area is 111 Å². The van der Waals surface area contributed by atoms with E-state index < -0.39 is 0 Å². The number of rotatable bonds is 2. The van der Waals surface area contributed by atoms with Gasteiger partial charge in [-0.05, 0) is 12.1 Å². The Kier molecular flexibility index (Phi) is 3.93. The smallest absolute Gasteiger partial charge is 0.238 e. The summed E-state index contributed by atoms with van der Waals surface area (Å²) in [4.78, 5) is 28.8. The van der Waals surface area contributed by atoms with E-state index in [1.807, 2.05) is 0 Å². The van der Waals surface area contributed by atoms with Crippen LogP contribution >= 0.6 is 0 Å². The fourth-order valence-corrected chi connectivity index (χ4v) is 1.86. The Morgan fingerprint density at radius 3 is 2.95 bits per heavy atom. The molecule has 1 aromatic heterocycles. The molecule has 1 aliphatic rings. The largest absolute Gasteiger partial charge is 0.395 e. The van der Waals surface area contributed by atoms with Crippen LogP contribution in [-0.2, 0) is 9.59 Å². The molecule has 1 atom stereocenters. The molecule has 2 rings (SSSR count). The first-order valence-electron chi connectivity index (χ1n) is 6.06. The molecule has 1 aromatic rings. The summed E-state index contributed by atoms with van der Waals surface area (Å²) in [5, 5.41) is 8.66. The molecule has 2 amide bonds. The average molecular weight is 258 g/mol. The van der Waals surface area contributed by atoms with E-state index in [0.29, 0.717) is 17.8 Å². The van der Waals surface area contributed by atoms with Gasteiger partial charge in [0.1, 0.15) is 5.82 Å². The molecule has 0 radical (unpaired) electrons. The monoisotopic (exact) mass is 258 g/mol. The molecule has 1 saturated heterocycles. The van der Waals surface area contributed by atoms with E-state index in [-0.39, 0.29) is 30.8 Å². The molecule has 2 heterocycles. The molecule has 1 N–H and O–H groups in total. The lowest BCUT2D eigenvalue weighted by Gasteiger charge is -2.12. The summed E-state index contributed by atoms with van der Waals surface area (Å²) in [6.07, 6.45) is 2.12. The van der Waals surface area contributed by atoms with Crippen LogP contribution < -0.4 is 4.90 Å². The van der Waals surface area contributed by atoms with Crippen molar-refractivity contribution in [3.8, 4) is 11.8 Å². The lowest BCUT2D eigenvalue weighted by molar-refractivity contribution is -0.122. The van der Waals surface area contributed by atoms with Crippen LogP contribution in [0, 0.1) is 17.8 Å². The Bertz CT molecular complexity index is 572. The SMILES string of the molecule is CC1CC(=O)N(c2cc(C#CCCO)ccn2)C1=O. The summed E-state index contributed by atoms with van der Waals surface area (Å²) < 4.78 is 0. The van der Waals surface area contributed by atoms with Crippen LogP contribution in [0.1, 0.15) is 25.3 Å². The van der Waals surface area contributed by atoms with Gasteiger partial charge in [-0.1, -0.05) is 18.8 Å². The van der Waals surface area contributed by atoms with Crippen molar-refractivity contribution >= 4 is 17.6 Å². The summed E-state index contributed by atoms with van der Waals surface area (Å²) in [6.45, 7) is 1.73. The molecule has 98 valence electrons. The molecule has 5 nitrogen and oxygen atoms in total. The molecule has 0 aromatic carbocycles. The predicted molar refractivity (Wildman–Crippen MR) is 69.1 cm³/mol. The number of carbonyl (C=O) groups excluding carboxylic acids is 2. The van der Waals surface area contributed by atoms with E-state index in [1.165, 1.54) is 6.20 Å². The normalized spacial score (nSPS) is 18.4. The number of amides is 2. The molecule has 1 unspecified atom stereocenters. The number of carbonyl (C=O) groups is 2. The highest BCUT2D eigenvalue weighted by atomic mass is 16.2. The molecular weight excluding hydrogens is 244 g/mol. The topological polar surface area (TPSA) is 70.5 Å². The number of aromatic nitrogens is 1. The van der Waals surface area contributed by atoms with Gasteiger partial charge in [-0.25, -0.2) is 9.88 Å². The lowest BCUT2D eigenvalue weighted by atomic mass is 10.1. The first-order valence-corrected chi connectivity index (χ1v) is 6.06. The first-order chi connectivity index (χ1) is 9.13.